The number of halogens is 1. The van der Waals surface area contributed by atoms with Crippen molar-refractivity contribution in [3.8, 4) is 11.6 Å². The van der Waals surface area contributed by atoms with Crippen LogP contribution in [0.2, 0.25) is 5.02 Å². The fourth-order valence-electron chi connectivity index (χ4n) is 1.44. The van der Waals surface area contributed by atoms with Gasteiger partial charge in [-0.15, -0.1) is 10.2 Å². The molecule has 3 aromatic rings. The van der Waals surface area contributed by atoms with Crippen molar-refractivity contribution in [2.75, 3.05) is 0 Å². The molecule has 0 unspecified atom stereocenters. The molecular weight excluding hydrogens is 214 g/mol. The molecule has 0 aromatic carbocycles. The van der Waals surface area contributed by atoms with Gasteiger partial charge in [-0.25, -0.2) is 0 Å². The van der Waals surface area contributed by atoms with Gasteiger partial charge in [-0.1, -0.05) is 11.6 Å². The van der Waals surface area contributed by atoms with E-state index in [-0.39, 0.29) is 0 Å². The highest BCUT2D eigenvalue weighted by atomic mass is 35.5. The molecule has 5 heteroatoms. The Bertz CT molecular complexity index is 600. The van der Waals surface area contributed by atoms with Gasteiger partial charge in [0.2, 0.25) is 5.82 Å². The van der Waals surface area contributed by atoms with E-state index < -0.39 is 0 Å². The number of fused-ring (bicyclic) bond motifs is 1. The zero-order valence-electron chi connectivity index (χ0n) is 7.59. The Balaban J connectivity index is 2.32. The largest absolute Gasteiger partial charge is 0.461 e. The quantitative estimate of drug-likeness (QED) is 0.632. The summed E-state index contributed by atoms with van der Waals surface area (Å²) in [5, 5.41) is 8.68. The smallest absolute Gasteiger partial charge is 0.204 e. The highest BCUT2D eigenvalue weighted by Crippen LogP contribution is 2.20. The minimum Gasteiger partial charge on any atom is -0.461 e. The summed E-state index contributed by atoms with van der Waals surface area (Å²) in [6.45, 7) is 0. The number of pyridine rings is 1. The van der Waals surface area contributed by atoms with Crippen molar-refractivity contribution in [3.05, 3.63) is 41.7 Å². The molecule has 0 aliphatic heterocycles. The second kappa shape index (κ2) is 3.10. The first-order valence-corrected chi connectivity index (χ1v) is 4.76. The van der Waals surface area contributed by atoms with E-state index in [0.29, 0.717) is 16.6 Å². The van der Waals surface area contributed by atoms with Crippen LogP contribution in [0.5, 0.6) is 0 Å². The summed E-state index contributed by atoms with van der Waals surface area (Å²) in [4.78, 5) is 0. The third-order valence-electron chi connectivity index (χ3n) is 2.11. The maximum Gasteiger partial charge on any atom is 0.204 e. The van der Waals surface area contributed by atoms with E-state index in [1.165, 1.54) is 0 Å². The molecule has 0 atom stereocenters. The lowest BCUT2D eigenvalue weighted by atomic mass is 10.4. The zero-order chi connectivity index (χ0) is 10.3. The topological polar surface area (TPSA) is 43.3 Å². The van der Waals surface area contributed by atoms with Crippen LogP contribution < -0.4 is 0 Å². The molecule has 0 aliphatic rings. The second-order valence-corrected chi connectivity index (χ2v) is 3.51. The molecule has 3 rings (SSSR count). The van der Waals surface area contributed by atoms with Gasteiger partial charge in [-0.05, 0) is 24.3 Å². The Morgan fingerprint density at radius 2 is 2.13 bits per heavy atom. The molecule has 0 saturated carbocycles. The van der Waals surface area contributed by atoms with Gasteiger partial charge in [-0.3, -0.25) is 4.40 Å². The average Bonchev–Trinajstić information content (AvgIpc) is 2.83. The van der Waals surface area contributed by atoms with Crippen LogP contribution in [-0.2, 0) is 0 Å². The van der Waals surface area contributed by atoms with Gasteiger partial charge in [0.05, 0.1) is 11.3 Å². The minimum atomic E-state index is 0.634. The van der Waals surface area contributed by atoms with Gasteiger partial charge in [0.25, 0.3) is 0 Å². The third-order valence-corrected chi connectivity index (χ3v) is 2.33. The van der Waals surface area contributed by atoms with Crippen LogP contribution >= 0.6 is 11.6 Å². The lowest BCUT2D eigenvalue weighted by Gasteiger charge is -1.96. The molecule has 0 aliphatic carbocycles. The number of furan rings is 1. The molecule has 0 bridgehead atoms. The molecule has 3 aromatic heterocycles. The summed E-state index contributed by atoms with van der Waals surface area (Å²) in [6, 6.07) is 7.22. The van der Waals surface area contributed by atoms with E-state index in [0.717, 1.165) is 5.65 Å². The number of hydrogen-bond acceptors (Lipinski definition) is 3. The molecule has 0 radical (unpaired) electrons. The Labute approximate surface area is 90.1 Å². The van der Waals surface area contributed by atoms with Crippen molar-refractivity contribution in [1.29, 1.82) is 0 Å². The normalized spacial score (nSPS) is 11.0. The molecule has 0 fully saturated rings. The molecule has 15 heavy (non-hydrogen) atoms. The van der Waals surface area contributed by atoms with Gasteiger partial charge in [0.1, 0.15) is 0 Å². The van der Waals surface area contributed by atoms with E-state index in [4.69, 9.17) is 16.0 Å². The summed E-state index contributed by atoms with van der Waals surface area (Å²) >= 11 is 5.90. The van der Waals surface area contributed by atoms with Crippen LogP contribution in [0.1, 0.15) is 0 Å². The number of nitrogens with zero attached hydrogens (tertiary/aromatic N) is 3. The number of rotatable bonds is 1. The van der Waals surface area contributed by atoms with Crippen LogP contribution in [0, 0.1) is 0 Å². The van der Waals surface area contributed by atoms with Crippen LogP contribution in [0.25, 0.3) is 17.2 Å². The predicted octanol–water partition coefficient (Wildman–Crippen LogP) is 2.64. The predicted molar refractivity (Wildman–Crippen MR) is 55.7 cm³/mol. The van der Waals surface area contributed by atoms with Gasteiger partial charge in [0.15, 0.2) is 11.4 Å². The highest BCUT2D eigenvalue weighted by molar-refractivity contribution is 6.30. The first-order valence-electron chi connectivity index (χ1n) is 4.39. The lowest BCUT2D eigenvalue weighted by Crippen LogP contribution is -1.87. The first kappa shape index (κ1) is 8.49. The van der Waals surface area contributed by atoms with Crippen molar-refractivity contribution >= 4 is 17.2 Å². The van der Waals surface area contributed by atoms with Crippen LogP contribution in [-0.4, -0.2) is 14.6 Å². The SMILES string of the molecule is Clc1ccc2nnc(-c3ccco3)n2c1. The summed E-state index contributed by atoms with van der Waals surface area (Å²) in [6.07, 6.45) is 3.36. The molecular formula is C10H6ClN3O. The summed E-state index contributed by atoms with van der Waals surface area (Å²) in [7, 11) is 0. The second-order valence-electron chi connectivity index (χ2n) is 3.08. The van der Waals surface area contributed by atoms with Crippen LogP contribution in [0.15, 0.2) is 41.1 Å². The highest BCUT2D eigenvalue weighted by Gasteiger charge is 2.09. The average molecular weight is 220 g/mol. The first-order chi connectivity index (χ1) is 7.34. The Kier molecular flexibility index (Phi) is 1.76. The maximum atomic E-state index is 5.90. The molecule has 0 N–H and O–H groups in total. The number of aromatic nitrogens is 3. The molecule has 0 amide bonds. The standard InChI is InChI=1S/C10H6ClN3O/c11-7-3-4-9-12-13-10(14(9)6-7)8-2-1-5-15-8/h1-6H. The van der Waals surface area contributed by atoms with Crippen LogP contribution in [0.3, 0.4) is 0 Å². The van der Waals surface area contributed by atoms with Gasteiger partial charge < -0.3 is 4.42 Å². The molecule has 0 spiro atoms. The molecule has 4 nitrogen and oxygen atoms in total. The third kappa shape index (κ3) is 1.30. The molecule has 3 heterocycles. The van der Waals surface area contributed by atoms with Gasteiger partial charge >= 0.3 is 0 Å². The van der Waals surface area contributed by atoms with E-state index in [1.807, 2.05) is 12.1 Å². The maximum absolute atomic E-state index is 5.90. The molecule has 74 valence electrons. The Hall–Kier alpha value is -1.81. The Morgan fingerprint density at radius 1 is 1.20 bits per heavy atom. The van der Waals surface area contributed by atoms with E-state index in [2.05, 4.69) is 10.2 Å². The monoisotopic (exact) mass is 219 g/mol. The zero-order valence-corrected chi connectivity index (χ0v) is 8.35. The Morgan fingerprint density at radius 3 is 2.93 bits per heavy atom. The fraction of sp³-hybridized carbons (Fsp3) is 0. The van der Waals surface area contributed by atoms with Crippen LogP contribution in [0.4, 0.5) is 0 Å². The van der Waals surface area contributed by atoms with E-state index in [1.54, 1.807) is 29.0 Å². The van der Waals surface area contributed by atoms with Gasteiger partial charge in [0, 0.05) is 6.20 Å². The van der Waals surface area contributed by atoms with Crippen molar-refractivity contribution in [3.63, 3.8) is 0 Å². The summed E-state index contributed by atoms with van der Waals surface area (Å²) < 4.78 is 7.05. The van der Waals surface area contributed by atoms with E-state index in [9.17, 15) is 0 Å². The van der Waals surface area contributed by atoms with Crippen molar-refractivity contribution < 1.29 is 4.42 Å². The van der Waals surface area contributed by atoms with Gasteiger partial charge in [-0.2, -0.15) is 0 Å². The molecule has 0 saturated heterocycles. The minimum absolute atomic E-state index is 0.634. The number of hydrogen-bond donors (Lipinski definition) is 0. The van der Waals surface area contributed by atoms with Crippen molar-refractivity contribution in [2.24, 2.45) is 0 Å². The lowest BCUT2D eigenvalue weighted by molar-refractivity contribution is 0.576. The summed E-state index contributed by atoms with van der Waals surface area (Å²) in [5.74, 6) is 1.32. The fourth-order valence-corrected chi connectivity index (χ4v) is 1.60. The summed E-state index contributed by atoms with van der Waals surface area (Å²) in [5.41, 5.74) is 0.741. The van der Waals surface area contributed by atoms with Crippen molar-refractivity contribution in [2.45, 2.75) is 0 Å². The van der Waals surface area contributed by atoms with E-state index >= 15 is 0 Å². The van der Waals surface area contributed by atoms with Crippen molar-refractivity contribution in [1.82, 2.24) is 14.6 Å².